The van der Waals surface area contributed by atoms with E-state index in [9.17, 15) is 8.42 Å². The first-order valence-corrected chi connectivity index (χ1v) is 10.8. The highest BCUT2D eigenvalue weighted by atomic mass is 32.2. The number of nitrogens with one attached hydrogen (secondary N) is 1. The average molecular weight is 391 g/mol. The summed E-state index contributed by atoms with van der Waals surface area (Å²) < 4.78 is 33.7. The van der Waals surface area contributed by atoms with Gasteiger partial charge in [0.25, 0.3) is 0 Å². The molecule has 2 aromatic carbocycles. The molecule has 6 heteroatoms. The van der Waals surface area contributed by atoms with E-state index in [1.165, 1.54) is 0 Å². The third-order valence-electron chi connectivity index (χ3n) is 4.99. The smallest absolute Gasteiger partial charge is 0.240 e. The molecule has 0 aromatic heterocycles. The molecule has 2 aromatic rings. The monoisotopic (exact) mass is 390 g/mol. The number of hydrogen-bond acceptors (Lipinski definition) is 4. The molecule has 148 valence electrons. The van der Waals surface area contributed by atoms with Crippen LogP contribution in [-0.4, -0.2) is 40.1 Å². The lowest BCUT2D eigenvalue weighted by Gasteiger charge is -2.30. The van der Waals surface area contributed by atoms with Crippen molar-refractivity contribution in [3.8, 4) is 5.75 Å². The average Bonchev–Trinajstić information content (AvgIpc) is 2.67. The molecule has 0 aliphatic heterocycles. The number of aryl methyl sites for hydroxylation is 2. The lowest BCUT2D eigenvalue weighted by atomic mass is 10.0. The zero-order chi connectivity index (χ0) is 20.0. The molecule has 1 N–H and O–H groups in total. The summed E-state index contributed by atoms with van der Waals surface area (Å²) in [6.45, 7) is 9.99. The standard InChI is InChI=1S/C21H30N2O3S/c1-6-23(7-2)21(18-9-8-10-19(14-18)26-5)15-22-27(24,25)20-12-11-16(3)17(4)13-20/h8-14,21-22H,6-7,15H2,1-5H3. The van der Waals surface area contributed by atoms with E-state index in [1.54, 1.807) is 19.2 Å². The minimum Gasteiger partial charge on any atom is -0.497 e. The highest BCUT2D eigenvalue weighted by molar-refractivity contribution is 7.89. The van der Waals surface area contributed by atoms with Gasteiger partial charge in [-0.15, -0.1) is 0 Å². The van der Waals surface area contributed by atoms with E-state index < -0.39 is 10.0 Å². The maximum absolute atomic E-state index is 12.8. The Kier molecular flexibility index (Phi) is 7.41. The maximum atomic E-state index is 12.8. The van der Waals surface area contributed by atoms with Gasteiger partial charge in [-0.2, -0.15) is 0 Å². The molecule has 0 bridgehead atoms. The molecule has 27 heavy (non-hydrogen) atoms. The third-order valence-corrected chi connectivity index (χ3v) is 6.41. The van der Waals surface area contributed by atoms with Crippen molar-refractivity contribution in [1.29, 1.82) is 0 Å². The molecule has 1 unspecified atom stereocenters. The van der Waals surface area contributed by atoms with Crippen molar-refractivity contribution in [2.24, 2.45) is 0 Å². The molecular weight excluding hydrogens is 360 g/mol. The number of nitrogens with zero attached hydrogens (tertiary/aromatic N) is 1. The lowest BCUT2D eigenvalue weighted by molar-refractivity contribution is 0.219. The van der Waals surface area contributed by atoms with Crippen LogP contribution in [0, 0.1) is 13.8 Å². The van der Waals surface area contributed by atoms with Gasteiger partial charge in [0.2, 0.25) is 10.0 Å². The lowest BCUT2D eigenvalue weighted by Crippen LogP contribution is -2.38. The van der Waals surface area contributed by atoms with Crippen LogP contribution in [0.25, 0.3) is 0 Å². The number of sulfonamides is 1. The van der Waals surface area contributed by atoms with Crippen LogP contribution in [0.5, 0.6) is 5.75 Å². The van der Waals surface area contributed by atoms with Gasteiger partial charge >= 0.3 is 0 Å². The summed E-state index contributed by atoms with van der Waals surface area (Å²) in [6.07, 6.45) is 0. The normalized spacial score (nSPS) is 13.0. The van der Waals surface area contributed by atoms with E-state index in [1.807, 2.05) is 44.2 Å². The maximum Gasteiger partial charge on any atom is 0.240 e. The Hall–Kier alpha value is -1.89. The Bertz CT molecular complexity index is 861. The molecule has 0 saturated carbocycles. The van der Waals surface area contributed by atoms with Crippen LogP contribution in [-0.2, 0) is 10.0 Å². The number of rotatable bonds is 9. The topological polar surface area (TPSA) is 58.6 Å². The van der Waals surface area contributed by atoms with Crippen LogP contribution in [0.2, 0.25) is 0 Å². The minimum atomic E-state index is -3.58. The fourth-order valence-corrected chi connectivity index (χ4v) is 4.25. The summed E-state index contributed by atoms with van der Waals surface area (Å²) in [6, 6.07) is 12.9. The Labute approximate surface area is 163 Å². The van der Waals surface area contributed by atoms with Crippen LogP contribution >= 0.6 is 0 Å². The van der Waals surface area contributed by atoms with Gasteiger partial charge in [-0.1, -0.05) is 32.0 Å². The van der Waals surface area contributed by atoms with Gasteiger partial charge in [0.1, 0.15) is 5.75 Å². The molecule has 0 spiro atoms. The molecule has 0 radical (unpaired) electrons. The summed E-state index contributed by atoms with van der Waals surface area (Å²) >= 11 is 0. The molecular formula is C21H30N2O3S. The van der Waals surface area contributed by atoms with Crippen molar-refractivity contribution in [3.63, 3.8) is 0 Å². The Morgan fingerprint density at radius 2 is 1.74 bits per heavy atom. The molecule has 1 atom stereocenters. The van der Waals surface area contributed by atoms with Gasteiger partial charge in [-0.25, -0.2) is 13.1 Å². The fraction of sp³-hybridized carbons (Fsp3) is 0.429. The van der Waals surface area contributed by atoms with Gasteiger partial charge in [0.05, 0.1) is 12.0 Å². The summed E-state index contributed by atoms with van der Waals surface area (Å²) in [5.74, 6) is 0.765. The fourth-order valence-electron chi connectivity index (χ4n) is 3.12. The van der Waals surface area contributed by atoms with Crippen molar-refractivity contribution in [3.05, 3.63) is 59.2 Å². The van der Waals surface area contributed by atoms with Crippen LogP contribution < -0.4 is 9.46 Å². The van der Waals surface area contributed by atoms with Gasteiger partial charge in [-0.3, -0.25) is 4.90 Å². The molecule has 2 rings (SSSR count). The number of ether oxygens (including phenoxy) is 1. The van der Waals surface area contributed by atoms with Gasteiger partial charge in [0, 0.05) is 12.6 Å². The Balaban J connectivity index is 2.28. The zero-order valence-corrected chi connectivity index (χ0v) is 17.6. The van der Waals surface area contributed by atoms with E-state index in [-0.39, 0.29) is 6.04 Å². The first-order valence-electron chi connectivity index (χ1n) is 9.27. The highest BCUT2D eigenvalue weighted by Crippen LogP contribution is 2.24. The van der Waals surface area contributed by atoms with E-state index in [0.717, 1.165) is 35.5 Å². The molecule has 0 aliphatic carbocycles. The van der Waals surface area contributed by atoms with Gasteiger partial charge in [0.15, 0.2) is 0 Å². The predicted molar refractivity (Wildman–Crippen MR) is 110 cm³/mol. The van der Waals surface area contributed by atoms with Crippen LogP contribution in [0.1, 0.15) is 36.6 Å². The Morgan fingerprint density at radius 3 is 2.33 bits per heavy atom. The van der Waals surface area contributed by atoms with E-state index >= 15 is 0 Å². The highest BCUT2D eigenvalue weighted by Gasteiger charge is 2.22. The number of methoxy groups -OCH3 is 1. The minimum absolute atomic E-state index is 0.0728. The van der Waals surface area contributed by atoms with E-state index in [4.69, 9.17) is 4.74 Å². The van der Waals surface area contributed by atoms with Crippen LogP contribution in [0.4, 0.5) is 0 Å². The largest absolute Gasteiger partial charge is 0.497 e. The van der Waals surface area contributed by atoms with Crippen molar-refractivity contribution < 1.29 is 13.2 Å². The summed E-state index contributed by atoms with van der Waals surface area (Å²) in [5.41, 5.74) is 3.07. The second kappa shape index (κ2) is 9.35. The van der Waals surface area contributed by atoms with Crippen LogP contribution in [0.3, 0.4) is 0 Å². The Morgan fingerprint density at radius 1 is 1.04 bits per heavy atom. The first kappa shape index (κ1) is 21.4. The number of benzene rings is 2. The summed E-state index contributed by atoms with van der Waals surface area (Å²) in [4.78, 5) is 2.53. The predicted octanol–water partition coefficient (Wildman–Crippen LogP) is 3.67. The van der Waals surface area contributed by atoms with Crippen molar-refractivity contribution in [2.45, 2.75) is 38.6 Å². The third kappa shape index (κ3) is 5.31. The van der Waals surface area contributed by atoms with E-state index in [0.29, 0.717) is 11.4 Å². The van der Waals surface area contributed by atoms with Crippen molar-refractivity contribution >= 4 is 10.0 Å². The number of likely N-dealkylation sites (N-methyl/N-ethyl adjacent to an activating group) is 1. The molecule has 0 saturated heterocycles. The van der Waals surface area contributed by atoms with Crippen LogP contribution in [0.15, 0.2) is 47.4 Å². The van der Waals surface area contributed by atoms with E-state index in [2.05, 4.69) is 23.5 Å². The van der Waals surface area contributed by atoms with Crippen molar-refractivity contribution in [1.82, 2.24) is 9.62 Å². The first-order chi connectivity index (χ1) is 12.8. The SMILES string of the molecule is CCN(CC)C(CNS(=O)(=O)c1ccc(C)c(C)c1)c1cccc(OC)c1. The molecule has 0 fully saturated rings. The number of hydrogen-bond donors (Lipinski definition) is 1. The van der Waals surface area contributed by atoms with Gasteiger partial charge in [-0.05, 0) is 67.9 Å². The summed E-state index contributed by atoms with van der Waals surface area (Å²) in [5, 5.41) is 0. The molecule has 0 amide bonds. The quantitative estimate of drug-likeness (QED) is 0.710. The second-order valence-electron chi connectivity index (χ2n) is 6.61. The van der Waals surface area contributed by atoms with Gasteiger partial charge < -0.3 is 4.74 Å². The molecule has 0 aliphatic rings. The zero-order valence-electron chi connectivity index (χ0n) is 16.8. The summed E-state index contributed by atoms with van der Waals surface area (Å²) in [7, 11) is -1.94. The molecule has 0 heterocycles. The molecule has 5 nitrogen and oxygen atoms in total. The second-order valence-corrected chi connectivity index (χ2v) is 8.38. The van der Waals surface area contributed by atoms with Crippen molar-refractivity contribution in [2.75, 3.05) is 26.7 Å².